The zero-order chi connectivity index (χ0) is 22.8. The van der Waals surface area contributed by atoms with Gasteiger partial charge in [-0.05, 0) is 42.0 Å². The summed E-state index contributed by atoms with van der Waals surface area (Å²) >= 11 is 1.60. The van der Waals surface area contributed by atoms with Gasteiger partial charge in [0, 0.05) is 30.1 Å². The second-order valence-electron chi connectivity index (χ2n) is 8.43. The Kier molecular flexibility index (Phi) is 5.52. The quantitative estimate of drug-likeness (QED) is 0.226. The normalized spacial score (nSPS) is 16.6. The predicted molar refractivity (Wildman–Crippen MR) is 140 cm³/mol. The predicted octanol–water partition coefficient (Wildman–Crippen LogP) is 6.26. The van der Waals surface area contributed by atoms with E-state index in [-0.39, 0.29) is 5.41 Å². The van der Waals surface area contributed by atoms with E-state index in [9.17, 15) is 0 Å². The van der Waals surface area contributed by atoms with Crippen LogP contribution in [-0.4, -0.2) is 24.1 Å². The summed E-state index contributed by atoms with van der Waals surface area (Å²) in [7, 11) is 2.10. The molecule has 1 aliphatic rings. The van der Waals surface area contributed by atoms with Crippen LogP contribution >= 0.6 is 11.3 Å². The fourth-order valence-corrected chi connectivity index (χ4v) is 5.14. The molecule has 164 valence electrons. The molecule has 1 aliphatic heterocycles. The summed E-state index contributed by atoms with van der Waals surface area (Å²) < 4.78 is 1.12. The van der Waals surface area contributed by atoms with Gasteiger partial charge in [0.2, 0.25) is 0 Å². The number of aliphatic imine (C=N–C) groups is 1. The molecule has 2 heterocycles. The number of allylic oxidation sites excluding steroid dienone is 2. The van der Waals surface area contributed by atoms with E-state index >= 15 is 0 Å². The van der Waals surface area contributed by atoms with Gasteiger partial charge in [-0.25, -0.2) is 9.98 Å². The number of nitrogens with one attached hydrogen (secondary N) is 1. The maximum atomic E-state index is 4.78. The summed E-state index contributed by atoms with van der Waals surface area (Å²) in [4.78, 5) is 11.8. The molecule has 0 saturated carbocycles. The molecule has 0 fully saturated rings. The maximum Gasteiger partial charge on any atom is 0.183 e. The summed E-state index contributed by atoms with van der Waals surface area (Å²) in [5.41, 5.74) is 8.59. The third-order valence-electron chi connectivity index (χ3n) is 5.91. The van der Waals surface area contributed by atoms with Gasteiger partial charge in [0.25, 0.3) is 0 Å². The highest BCUT2D eigenvalue weighted by Gasteiger charge is 2.37. The number of para-hydroxylation sites is 3. The summed E-state index contributed by atoms with van der Waals surface area (Å²) in [5, 5.41) is 5.30. The molecular formula is C27H25N5S. The number of benzene rings is 3. The lowest BCUT2D eigenvalue weighted by atomic mass is 9.84. The molecule has 6 heteroatoms. The van der Waals surface area contributed by atoms with Gasteiger partial charge in [0.05, 0.1) is 15.9 Å². The molecule has 1 N–H and O–H groups in total. The number of thiazole rings is 1. The standard InChI is InChI=1S/C27H25N5S/c1-27(2)20-13-7-9-15-22(20)32(3)24(27)17-18-28-31-25(29-19-11-5-4-6-12-19)26-30-21-14-8-10-16-23(21)33-26/h4-18H,1-3H3,(H,29,31). The molecule has 33 heavy (non-hydrogen) atoms. The first-order valence-corrected chi connectivity index (χ1v) is 11.7. The van der Waals surface area contributed by atoms with Crippen molar-refractivity contribution in [1.82, 2.24) is 10.4 Å². The molecule has 5 rings (SSSR count). The highest BCUT2D eigenvalue weighted by Crippen LogP contribution is 2.46. The highest BCUT2D eigenvalue weighted by atomic mass is 32.1. The Morgan fingerprint density at radius 1 is 0.970 bits per heavy atom. The first-order chi connectivity index (χ1) is 16.0. The average Bonchev–Trinajstić information content (AvgIpc) is 3.35. The van der Waals surface area contributed by atoms with Gasteiger partial charge in [-0.15, -0.1) is 11.3 Å². The van der Waals surface area contributed by atoms with Crippen LogP contribution in [0.4, 0.5) is 11.4 Å². The van der Waals surface area contributed by atoms with Gasteiger partial charge in [0.15, 0.2) is 10.8 Å². The molecule has 4 aromatic rings. The second kappa shape index (κ2) is 8.64. The van der Waals surface area contributed by atoms with Gasteiger partial charge in [-0.1, -0.05) is 62.4 Å². The van der Waals surface area contributed by atoms with Crippen LogP contribution < -0.4 is 10.3 Å². The Morgan fingerprint density at radius 2 is 1.70 bits per heavy atom. The van der Waals surface area contributed by atoms with E-state index in [4.69, 9.17) is 9.98 Å². The lowest BCUT2D eigenvalue weighted by molar-refractivity contribution is 0.641. The van der Waals surface area contributed by atoms with E-state index in [2.05, 4.69) is 72.7 Å². The number of likely N-dealkylation sites (N-methyl/N-ethyl adjacent to an activating group) is 1. The van der Waals surface area contributed by atoms with Crippen LogP contribution in [0.2, 0.25) is 0 Å². The van der Waals surface area contributed by atoms with E-state index in [1.54, 1.807) is 17.6 Å². The minimum Gasteiger partial charge on any atom is -0.347 e. The molecule has 5 nitrogen and oxygen atoms in total. The number of hydrogen-bond acceptors (Lipinski definition) is 5. The van der Waals surface area contributed by atoms with Crippen LogP contribution in [0.1, 0.15) is 24.4 Å². The van der Waals surface area contributed by atoms with Crippen molar-refractivity contribution in [3.8, 4) is 0 Å². The van der Waals surface area contributed by atoms with Crippen molar-refractivity contribution in [2.75, 3.05) is 11.9 Å². The van der Waals surface area contributed by atoms with Crippen LogP contribution in [0.3, 0.4) is 0 Å². The molecular weight excluding hydrogens is 426 g/mol. The summed E-state index contributed by atoms with van der Waals surface area (Å²) in [6.07, 6.45) is 3.86. The first-order valence-electron chi connectivity index (χ1n) is 10.9. The lowest BCUT2D eigenvalue weighted by Gasteiger charge is -2.23. The molecule has 0 unspecified atom stereocenters. The minimum absolute atomic E-state index is 0.0919. The molecule has 0 bridgehead atoms. The Hall–Kier alpha value is -3.77. The van der Waals surface area contributed by atoms with Crippen molar-refractivity contribution in [2.45, 2.75) is 19.3 Å². The monoisotopic (exact) mass is 451 g/mol. The highest BCUT2D eigenvalue weighted by molar-refractivity contribution is 7.20. The number of rotatable bonds is 4. The smallest absolute Gasteiger partial charge is 0.183 e. The number of hydrazone groups is 1. The van der Waals surface area contributed by atoms with Crippen molar-refractivity contribution in [3.05, 3.63) is 101 Å². The Labute approximate surface area is 197 Å². The SMILES string of the molecule is CN1C(=CC=NNC(=Nc2ccccc2)c2nc3ccccc3s2)C(C)(C)c2ccccc21. The molecule has 0 spiro atoms. The number of anilines is 1. The number of amidine groups is 1. The van der Waals surface area contributed by atoms with E-state index in [1.807, 2.05) is 48.5 Å². The molecule has 0 atom stereocenters. The van der Waals surface area contributed by atoms with Crippen molar-refractivity contribution >= 4 is 45.0 Å². The average molecular weight is 452 g/mol. The topological polar surface area (TPSA) is 52.9 Å². The van der Waals surface area contributed by atoms with Gasteiger partial charge >= 0.3 is 0 Å². The zero-order valence-corrected chi connectivity index (χ0v) is 19.7. The van der Waals surface area contributed by atoms with E-state index in [0.29, 0.717) is 5.84 Å². The van der Waals surface area contributed by atoms with Crippen LogP contribution in [0.5, 0.6) is 0 Å². The first kappa shape index (κ1) is 21.1. The van der Waals surface area contributed by atoms with Gasteiger partial charge in [0.1, 0.15) is 0 Å². The Morgan fingerprint density at radius 3 is 2.48 bits per heavy atom. The second-order valence-corrected chi connectivity index (χ2v) is 9.46. The Balaban J connectivity index is 1.44. The molecule has 0 amide bonds. The largest absolute Gasteiger partial charge is 0.347 e. The summed E-state index contributed by atoms with van der Waals surface area (Å²) in [6.45, 7) is 4.48. The third kappa shape index (κ3) is 4.05. The molecule has 0 aliphatic carbocycles. The van der Waals surface area contributed by atoms with Crippen LogP contribution in [0, 0.1) is 0 Å². The lowest BCUT2D eigenvalue weighted by Crippen LogP contribution is -2.23. The van der Waals surface area contributed by atoms with E-state index in [0.717, 1.165) is 20.9 Å². The van der Waals surface area contributed by atoms with Crippen LogP contribution in [0.25, 0.3) is 10.2 Å². The maximum absolute atomic E-state index is 4.78. The molecule has 0 radical (unpaired) electrons. The van der Waals surface area contributed by atoms with Gasteiger partial charge < -0.3 is 4.90 Å². The van der Waals surface area contributed by atoms with Crippen molar-refractivity contribution in [1.29, 1.82) is 0 Å². The Bertz CT molecular complexity index is 1350. The molecule has 3 aromatic carbocycles. The van der Waals surface area contributed by atoms with E-state index < -0.39 is 0 Å². The fraction of sp³-hybridized carbons (Fsp3) is 0.148. The van der Waals surface area contributed by atoms with Crippen molar-refractivity contribution in [3.63, 3.8) is 0 Å². The number of aromatic nitrogens is 1. The number of fused-ring (bicyclic) bond motifs is 2. The number of nitrogens with zero attached hydrogens (tertiary/aromatic N) is 4. The number of hydrogen-bond donors (Lipinski definition) is 1. The van der Waals surface area contributed by atoms with E-state index in [1.165, 1.54) is 16.9 Å². The summed E-state index contributed by atoms with van der Waals surface area (Å²) in [6, 6.07) is 26.5. The van der Waals surface area contributed by atoms with Crippen molar-refractivity contribution in [2.24, 2.45) is 10.1 Å². The zero-order valence-electron chi connectivity index (χ0n) is 18.9. The summed E-state index contributed by atoms with van der Waals surface area (Å²) in [5.74, 6) is 0.624. The third-order valence-corrected chi connectivity index (χ3v) is 6.95. The molecule has 0 saturated heterocycles. The van der Waals surface area contributed by atoms with Crippen LogP contribution in [0.15, 0.2) is 101 Å². The van der Waals surface area contributed by atoms with Crippen molar-refractivity contribution < 1.29 is 0 Å². The van der Waals surface area contributed by atoms with Gasteiger partial charge in [-0.3, -0.25) is 5.43 Å². The van der Waals surface area contributed by atoms with Gasteiger partial charge in [-0.2, -0.15) is 5.10 Å². The fourth-order valence-electron chi connectivity index (χ4n) is 4.23. The molecule has 1 aromatic heterocycles. The van der Waals surface area contributed by atoms with Crippen LogP contribution in [-0.2, 0) is 5.41 Å². The minimum atomic E-state index is -0.0919.